The summed E-state index contributed by atoms with van der Waals surface area (Å²) in [6, 6.07) is 0.333. The first-order valence-corrected chi connectivity index (χ1v) is 5.47. The number of aryl methyl sites for hydroxylation is 1. The van der Waals surface area contributed by atoms with Gasteiger partial charge >= 0.3 is 0 Å². The van der Waals surface area contributed by atoms with Crippen LogP contribution in [0.3, 0.4) is 0 Å². The fourth-order valence-corrected chi connectivity index (χ4v) is 2.06. The molecular weight excluding hydrogens is 174 g/mol. The van der Waals surface area contributed by atoms with E-state index in [1.807, 2.05) is 10.9 Å². The maximum absolute atomic E-state index is 6.12. The van der Waals surface area contributed by atoms with E-state index in [0.29, 0.717) is 6.04 Å². The zero-order chi connectivity index (χ0) is 10.1. The van der Waals surface area contributed by atoms with Gasteiger partial charge in [-0.15, -0.1) is 0 Å². The summed E-state index contributed by atoms with van der Waals surface area (Å²) in [6.07, 6.45) is 6.33. The van der Waals surface area contributed by atoms with E-state index in [2.05, 4.69) is 25.1 Å². The van der Waals surface area contributed by atoms with E-state index in [-0.39, 0.29) is 0 Å². The van der Waals surface area contributed by atoms with Crippen molar-refractivity contribution in [2.24, 2.45) is 17.6 Å². The van der Waals surface area contributed by atoms with Gasteiger partial charge in [0.15, 0.2) is 0 Å². The van der Waals surface area contributed by atoms with E-state index in [4.69, 9.17) is 5.73 Å². The van der Waals surface area contributed by atoms with Crippen molar-refractivity contribution in [3.8, 4) is 0 Å². The molecule has 2 rings (SSSR count). The lowest BCUT2D eigenvalue weighted by Crippen LogP contribution is -2.25. The minimum Gasteiger partial charge on any atom is -0.327 e. The fraction of sp³-hybridized carbons (Fsp3) is 0.727. The molecular formula is C11H19N3. The van der Waals surface area contributed by atoms with E-state index in [1.165, 1.54) is 12.0 Å². The molecule has 3 nitrogen and oxygen atoms in total. The van der Waals surface area contributed by atoms with Crippen LogP contribution in [0.5, 0.6) is 0 Å². The topological polar surface area (TPSA) is 43.8 Å². The second kappa shape index (κ2) is 3.73. The Kier molecular flexibility index (Phi) is 2.59. The summed E-state index contributed by atoms with van der Waals surface area (Å²) < 4.78 is 1.96. The molecule has 0 bridgehead atoms. The van der Waals surface area contributed by atoms with Gasteiger partial charge in [0.25, 0.3) is 0 Å². The summed E-state index contributed by atoms with van der Waals surface area (Å²) in [4.78, 5) is 0. The maximum atomic E-state index is 6.12. The van der Waals surface area contributed by atoms with Gasteiger partial charge in [-0.2, -0.15) is 5.10 Å². The van der Waals surface area contributed by atoms with E-state index < -0.39 is 0 Å². The van der Waals surface area contributed by atoms with Gasteiger partial charge in [-0.05, 0) is 37.2 Å². The van der Waals surface area contributed by atoms with Crippen LogP contribution >= 0.6 is 0 Å². The molecule has 0 spiro atoms. The second-order valence-electron chi connectivity index (χ2n) is 4.45. The smallest absolute Gasteiger partial charge is 0.0522 e. The predicted molar refractivity (Wildman–Crippen MR) is 56.9 cm³/mol. The third kappa shape index (κ3) is 1.98. The SMILES string of the molecule is CCn1cc(CC(N)C2CC2C)cn1. The van der Waals surface area contributed by atoms with Crippen molar-refractivity contribution < 1.29 is 0 Å². The summed E-state index contributed by atoms with van der Waals surface area (Å²) >= 11 is 0. The first-order valence-electron chi connectivity index (χ1n) is 5.47. The van der Waals surface area contributed by atoms with E-state index in [0.717, 1.165) is 24.8 Å². The summed E-state index contributed by atoms with van der Waals surface area (Å²) in [7, 11) is 0. The highest BCUT2D eigenvalue weighted by Crippen LogP contribution is 2.40. The van der Waals surface area contributed by atoms with Crippen LogP contribution in [0.15, 0.2) is 12.4 Å². The van der Waals surface area contributed by atoms with E-state index in [1.54, 1.807) is 0 Å². The monoisotopic (exact) mass is 193 g/mol. The molecule has 1 fully saturated rings. The van der Waals surface area contributed by atoms with Gasteiger partial charge in [0, 0.05) is 18.8 Å². The summed E-state index contributed by atoms with van der Waals surface area (Å²) in [5.74, 6) is 1.59. The lowest BCUT2D eigenvalue weighted by molar-refractivity contribution is 0.559. The molecule has 14 heavy (non-hydrogen) atoms. The molecule has 1 aliphatic carbocycles. The molecule has 0 aliphatic heterocycles. The van der Waals surface area contributed by atoms with Gasteiger partial charge in [-0.3, -0.25) is 4.68 Å². The highest BCUT2D eigenvalue weighted by Gasteiger charge is 2.37. The maximum Gasteiger partial charge on any atom is 0.0522 e. The van der Waals surface area contributed by atoms with Crippen LogP contribution in [0, 0.1) is 11.8 Å². The Hall–Kier alpha value is -0.830. The predicted octanol–water partition coefficient (Wildman–Crippen LogP) is 1.43. The molecule has 78 valence electrons. The number of hydrogen-bond acceptors (Lipinski definition) is 2. The standard InChI is InChI=1S/C11H19N3/c1-3-14-7-9(6-13-14)5-11(12)10-4-8(10)2/h6-8,10-11H,3-5,12H2,1-2H3. The van der Waals surface area contributed by atoms with Crippen molar-refractivity contribution in [3.63, 3.8) is 0 Å². The van der Waals surface area contributed by atoms with Gasteiger partial charge in [0.1, 0.15) is 0 Å². The summed E-state index contributed by atoms with van der Waals surface area (Å²) in [6.45, 7) is 5.31. The molecule has 1 aliphatic rings. The van der Waals surface area contributed by atoms with Crippen molar-refractivity contribution in [2.45, 2.75) is 39.3 Å². The van der Waals surface area contributed by atoms with Crippen molar-refractivity contribution >= 4 is 0 Å². The first kappa shape index (κ1) is 9.71. The Bertz CT molecular complexity index is 305. The lowest BCUT2D eigenvalue weighted by Gasteiger charge is -2.08. The Morgan fingerprint density at radius 1 is 1.71 bits per heavy atom. The third-order valence-electron chi connectivity index (χ3n) is 3.20. The minimum absolute atomic E-state index is 0.333. The number of aromatic nitrogens is 2. The molecule has 0 amide bonds. The van der Waals surface area contributed by atoms with Crippen LogP contribution in [0.2, 0.25) is 0 Å². The number of nitrogens with zero attached hydrogens (tertiary/aromatic N) is 2. The fourth-order valence-electron chi connectivity index (χ4n) is 2.06. The third-order valence-corrected chi connectivity index (χ3v) is 3.20. The van der Waals surface area contributed by atoms with Crippen molar-refractivity contribution in [1.82, 2.24) is 9.78 Å². The van der Waals surface area contributed by atoms with Gasteiger partial charge in [0.05, 0.1) is 6.20 Å². The molecule has 0 aromatic carbocycles. The molecule has 0 saturated heterocycles. The molecule has 3 heteroatoms. The zero-order valence-electron chi connectivity index (χ0n) is 8.98. The molecule has 1 saturated carbocycles. The second-order valence-corrected chi connectivity index (χ2v) is 4.45. The number of rotatable bonds is 4. The normalized spacial score (nSPS) is 27.6. The van der Waals surface area contributed by atoms with Gasteiger partial charge in [-0.25, -0.2) is 0 Å². The molecule has 1 aromatic heterocycles. The van der Waals surface area contributed by atoms with Crippen LogP contribution in [0.1, 0.15) is 25.8 Å². The summed E-state index contributed by atoms with van der Waals surface area (Å²) in [5.41, 5.74) is 7.39. The van der Waals surface area contributed by atoms with E-state index in [9.17, 15) is 0 Å². The lowest BCUT2D eigenvalue weighted by atomic mass is 10.1. The van der Waals surface area contributed by atoms with Crippen LogP contribution < -0.4 is 5.73 Å². The highest BCUT2D eigenvalue weighted by molar-refractivity contribution is 5.08. The molecule has 1 aromatic rings. The Balaban J connectivity index is 1.90. The van der Waals surface area contributed by atoms with Crippen LogP contribution in [-0.2, 0) is 13.0 Å². The van der Waals surface area contributed by atoms with Crippen LogP contribution in [0.25, 0.3) is 0 Å². The minimum atomic E-state index is 0.333. The Labute approximate surface area is 85.3 Å². The quantitative estimate of drug-likeness (QED) is 0.786. The molecule has 2 N–H and O–H groups in total. The molecule has 1 heterocycles. The first-order chi connectivity index (χ1) is 6.70. The average Bonchev–Trinajstić information content (AvgIpc) is 2.74. The van der Waals surface area contributed by atoms with Gasteiger partial charge < -0.3 is 5.73 Å². The zero-order valence-corrected chi connectivity index (χ0v) is 8.98. The molecule has 3 unspecified atom stereocenters. The van der Waals surface area contributed by atoms with Gasteiger partial charge in [0.2, 0.25) is 0 Å². The highest BCUT2D eigenvalue weighted by atomic mass is 15.3. The van der Waals surface area contributed by atoms with Crippen LogP contribution in [-0.4, -0.2) is 15.8 Å². The molecule has 0 radical (unpaired) electrons. The van der Waals surface area contributed by atoms with Crippen molar-refractivity contribution in [2.75, 3.05) is 0 Å². The Morgan fingerprint density at radius 3 is 2.93 bits per heavy atom. The Morgan fingerprint density at radius 2 is 2.43 bits per heavy atom. The largest absolute Gasteiger partial charge is 0.327 e. The van der Waals surface area contributed by atoms with E-state index >= 15 is 0 Å². The molecule has 3 atom stereocenters. The van der Waals surface area contributed by atoms with Crippen LogP contribution in [0.4, 0.5) is 0 Å². The number of hydrogen-bond donors (Lipinski definition) is 1. The van der Waals surface area contributed by atoms with Gasteiger partial charge in [-0.1, -0.05) is 6.92 Å². The van der Waals surface area contributed by atoms with Crippen molar-refractivity contribution in [1.29, 1.82) is 0 Å². The van der Waals surface area contributed by atoms with Crippen molar-refractivity contribution in [3.05, 3.63) is 18.0 Å². The number of nitrogens with two attached hydrogens (primary N) is 1. The average molecular weight is 193 g/mol. The summed E-state index contributed by atoms with van der Waals surface area (Å²) in [5, 5.41) is 4.25.